The Kier molecular flexibility index (Phi) is 4.25. The molecule has 0 radical (unpaired) electrons. The van der Waals surface area contributed by atoms with Gasteiger partial charge >= 0.3 is 0 Å². The van der Waals surface area contributed by atoms with Crippen molar-refractivity contribution in [3.63, 3.8) is 0 Å². The van der Waals surface area contributed by atoms with Gasteiger partial charge in [-0.25, -0.2) is 0 Å². The first-order valence-electron chi connectivity index (χ1n) is 8.94. The summed E-state index contributed by atoms with van der Waals surface area (Å²) in [6, 6.07) is 13.2. The second-order valence-corrected chi connectivity index (χ2v) is 6.80. The maximum Gasteiger partial charge on any atom is 0.253 e. The number of anilines is 1. The van der Waals surface area contributed by atoms with Crippen molar-refractivity contribution in [2.45, 2.75) is 18.4 Å². The lowest BCUT2D eigenvalue weighted by molar-refractivity contribution is 0.0958. The Morgan fingerprint density at radius 3 is 2.85 bits per heavy atom. The second kappa shape index (κ2) is 6.71. The van der Waals surface area contributed by atoms with Crippen LogP contribution in [0, 0.1) is 5.92 Å². The fourth-order valence-electron chi connectivity index (χ4n) is 4.13. The molecule has 1 aliphatic carbocycles. The minimum absolute atomic E-state index is 0.0444. The number of amides is 1. The molecule has 4 nitrogen and oxygen atoms in total. The maximum absolute atomic E-state index is 12.6. The molecule has 3 atom stereocenters. The summed E-state index contributed by atoms with van der Waals surface area (Å²) in [5.41, 5.74) is 3.50. The van der Waals surface area contributed by atoms with Crippen LogP contribution in [-0.2, 0) is 0 Å². The molecule has 4 heteroatoms. The van der Waals surface area contributed by atoms with Gasteiger partial charge in [-0.3, -0.25) is 4.79 Å². The quantitative estimate of drug-likeness (QED) is 0.729. The Hall–Kier alpha value is -3.01. The van der Waals surface area contributed by atoms with E-state index in [1.54, 1.807) is 12.1 Å². The van der Waals surface area contributed by atoms with Gasteiger partial charge in [0.1, 0.15) is 5.75 Å². The number of carbonyl (C=O) groups is 1. The first-order valence-corrected chi connectivity index (χ1v) is 8.94. The van der Waals surface area contributed by atoms with E-state index >= 15 is 0 Å². The standard InChI is InChI=1S/C22H22N2O2/c1-2-13-23-22(26)18-11-6-10-16-14-8-5-9-15(14)20(24-21(16)18)17-7-3-4-12-19(17)25/h2-8,10-12,14-15,20,24-25H,1,9,13H2,(H,23,26). The third kappa shape index (κ3) is 2.68. The van der Waals surface area contributed by atoms with Crippen LogP contribution in [0.25, 0.3) is 0 Å². The van der Waals surface area contributed by atoms with Crippen molar-refractivity contribution in [3.05, 3.63) is 84.0 Å². The number of nitrogens with one attached hydrogen (secondary N) is 2. The van der Waals surface area contributed by atoms with Crippen LogP contribution in [0.5, 0.6) is 5.75 Å². The summed E-state index contributed by atoms with van der Waals surface area (Å²) < 4.78 is 0. The Bertz CT molecular complexity index is 887. The van der Waals surface area contributed by atoms with Gasteiger partial charge in [0.15, 0.2) is 0 Å². The Morgan fingerprint density at radius 2 is 2.04 bits per heavy atom. The molecule has 2 aliphatic rings. The van der Waals surface area contributed by atoms with Crippen LogP contribution in [0.2, 0.25) is 0 Å². The predicted octanol–water partition coefficient (Wildman–Crippen LogP) is 4.13. The van der Waals surface area contributed by atoms with E-state index in [2.05, 4.69) is 35.4 Å². The summed E-state index contributed by atoms with van der Waals surface area (Å²) in [7, 11) is 0. The van der Waals surface area contributed by atoms with Crippen molar-refractivity contribution in [2.24, 2.45) is 5.92 Å². The number of phenolic OH excluding ortho intramolecular Hbond substituents is 1. The lowest BCUT2D eigenvalue weighted by Crippen LogP contribution is -2.32. The third-order valence-electron chi connectivity index (χ3n) is 5.32. The van der Waals surface area contributed by atoms with Gasteiger partial charge in [-0.05, 0) is 30.0 Å². The third-order valence-corrected chi connectivity index (χ3v) is 5.32. The van der Waals surface area contributed by atoms with Crippen LogP contribution in [0.4, 0.5) is 5.69 Å². The molecule has 0 saturated heterocycles. The monoisotopic (exact) mass is 346 g/mol. The minimum Gasteiger partial charge on any atom is -0.508 e. The van der Waals surface area contributed by atoms with E-state index in [1.807, 2.05) is 30.3 Å². The van der Waals surface area contributed by atoms with E-state index in [4.69, 9.17) is 0 Å². The molecule has 0 saturated carbocycles. The number of aromatic hydroxyl groups is 1. The SMILES string of the molecule is C=CCNC(=O)c1cccc2c1NC(c1ccccc1O)C1CC=CC21. The van der Waals surface area contributed by atoms with Gasteiger partial charge < -0.3 is 15.7 Å². The maximum atomic E-state index is 12.6. The fraction of sp³-hybridized carbons (Fsp3) is 0.227. The van der Waals surface area contributed by atoms with Gasteiger partial charge in [-0.15, -0.1) is 6.58 Å². The number of carbonyl (C=O) groups excluding carboxylic acids is 1. The molecule has 132 valence electrons. The second-order valence-electron chi connectivity index (χ2n) is 6.80. The molecule has 0 aromatic heterocycles. The first-order chi connectivity index (χ1) is 12.7. The zero-order chi connectivity index (χ0) is 18.1. The van der Waals surface area contributed by atoms with E-state index in [9.17, 15) is 9.90 Å². The number of allylic oxidation sites excluding steroid dienone is 2. The van der Waals surface area contributed by atoms with Crippen molar-refractivity contribution < 1.29 is 9.90 Å². The van der Waals surface area contributed by atoms with Crippen molar-refractivity contribution in [1.29, 1.82) is 0 Å². The van der Waals surface area contributed by atoms with Crippen molar-refractivity contribution in [3.8, 4) is 5.75 Å². The molecule has 3 N–H and O–H groups in total. The van der Waals surface area contributed by atoms with Crippen LogP contribution >= 0.6 is 0 Å². The molecule has 0 fully saturated rings. The lowest BCUT2D eigenvalue weighted by Gasteiger charge is -2.38. The smallest absolute Gasteiger partial charge is 0.253 e. The molecule has 0 spiro atoms. The van der Waals surface area contributed by atoms with Gasteiger partial charge in [-0.2, -0.15) is 0 Å². The van der Waals surface area contributed by atoms with Crippen LogP contribution in [0.3, 0.4) is 0 Å². The molecule has 2 aromatic carbocycles. The summed E-state index contributed by atoms with van der Waals surface area (Å²) in [4.78, 5) is 12.6. The first kappa shape index (κ1) is 16.5. The zero-order valence-corrected chi connectivity index (χ0v) is 14.5. The van der Waals surface area contributed by atoms with E-state index in [0.29, 0.717) is 18.0 Å². The summed E-state index contributed by atoms with van der Waals surface area (Å²) >= 11 is 0. The molecule has 1 amide bonds. The predicted molar refractivity (Wildman–Crippen MR) is 103 cm³/mol. The molecule has 26 heavy (non-hydrogen) atoms. The summed E-state index contributed by atoms with van der Waals surface area (Å²) in [5.74, 6) is 0.726. The Morgan fingerprint density at radius 1 is 1.23 bits per heavy atom. The number of hydrogen-bond donors (Lipinski definition) is 3. The summed E-state index contributed by atoms with van der Waals surface area (Å²) in [6.07, 6.45) is 7.04. The van der Waals surface area contributed by atoms with Gasteiger partial charge in [0, 0.05) is 18.0 Å². The number of rotatable bonds is 4. The van der Waals surface area contributed by atoms with Crippen molar-refractivity contribution >= 4 is 11.6 Å². The van der Waals surface area contributed by atoms with Crippen LogP contribution in [0.15, 0.2) is 67.3 Å². The number of phenols is 1. The summed E-state index contributed by atoms with van der Waals surface area (Å²) in [6.45, 7) is 4.08. The van der Waals surface area contributed by atoms with E-state index in [-0.39, 0.29) is 23.6 Å². The number of para-hydroxylation sites is 2. The Balaban J connectivity index is 1.79. The van der Waals surface area contributed by atoms with Crippen LogP contribution in [0.1, 0.15) is 39.9 Å². The highest BCUT2D eigenvalue weighted by Gasteiger charge is 2.39. The summed E-state index contributed by atoms with van der Waals surface area (Å²) in [5, 5.41) is 16.8. The van der Waals surface area contributed by atoms with Gasteiger partial charge in [0.05, 0.1) is 17.3 Å². The molecule has 0 bridgehead atoms. The topological polar surface area (TPSA) is 61.4 Å². The zero-order valence-electron chi connectivity index (χ0n) is 14.5. The van der Waals surface area contributed by atoms with Crippen molar-refractivity contribution in [1.82, 2.24) is 5.32 Å². The molecular weight excluding hydrogens is 324 g/mol. The van der Waals surface area contributed by atoms with E-state index in [1.165, 1.54) is 0 Å². The molecule has 1 aliphatic heterocycles. The molecular formula is C22H22N2O2. The van der Waals surface area contributed by atoms with E-state index in [0.717, 1.165) is 23.2 Å². The van der Waals surface area contributed by atoms with Crippen molar-refractivity contribution in [2.75, 3.05) is 11.9 Å². The van der Waals surface area contributed by atoms with Gasteiger partial charge in [0.2, 0.25) is 0 Å². The highest BCUT2D eigenvalue weighted by atomic mass is 16.3. The lowest BCUT2D eigenvalue weighted by atomic mass is 9.76. The highest BCUT2D eigenvalue weighted by molar-refractivity contribution is 6.00. The number of fused-ring (bicyclic) bond motifs is 3. The fourth-order valence-corrected chi connectivity index (χ4v) is 4.13. The van der Waals surface area contributed by atoms with Gasteiger partial charge in [-0.1, -0.05) is 48.6 Å². The van der Waals surface area contributed by atoms with E-state index < -0.39 is 0 Å². The molecule has 2 aromatic rings. The van der Waals surface area contributed by atoms with Crippen LogP contribution < -0.4 is 10.6 Å². The average molecular weight is 346 g/mol. The average Bonchev–Trinajstić information content (AvgIpc) is 3.15. The largest absolute Gasteiger partial charge is 0.508 e. The minimum atomic E-state index is -0.120. The number of hydrogen-bond acceptors (Lipinski definition) is 3. The van der Waals surface area contributed by atoms with Crippen LogP contribution in [-0.4, -0.2) is 17.6 Å². The number of benzene rings is 2. The normalized spacial score (nSPS) is 22.8. The molecule has 1 heterocycles. The molecule has 4 rings (SSSR count). The Labute approximate surface area is 153 Å². The van der Waals surface area contributed by atoms with Gasteiger partial charge in [0.25, 0.3) is 5.91 Å². The highest BCUT2D eigenvalue weighted by Crippen LogP contribution is 2.51. The molecule has 3 unspecified atom stereocenters.